The molecule has 0 fully saturated rings. The molecule has 1 aromatic heterocycles. The summed E-state index contributed by atoms with van der Waals surface area (Å²) >= 11 is 3.57. The Morgan fingerprint density at radius 3 is 3.07 bits per heavy atom. The summed E-state index contributed by atoms with van der Waals surface area (Å²) in [7, 11) is 0. The Bertz CT molecular complexity index is 422. The minimum absolute atomic E-state index is 0.160. The van der Waals surface area contributed by atoms with Gasteiger partial charge in [-0.2, -0.15) is 11.8 Å². The highest BCUT2D eigenvalue weighted by atomic mass is 32.2. The van der Waals surface area contributed by atoms with Crippen LogP contribution in [-0.4, -0.2) is 12.0 Å². The molecule has 1 heterocycles. The van der Waals surface area contributed by atoms with Gasteiger partial charge in [0.2, 0.25) is 0 Å². The second kappa shape index (κ2) is 4.34. The predicted molar refractivity (Wildman–Crippen MR) is 67.1 cm³/mol. The van der Waals surface area contributed by atoms with Crippen molar-refractivity contribution in [2.45, 2.75) is 6.04 Å². The van der Waals surface area contributed by atoms with Crippen LogP contribution in [0.3, 0.4) is 0 Å². The van der Waals surface area contributed by atoms with Crippen LogP contribution in [0.2, 0.25) is 0 Å². The first kappa shape index (κ1) is 10.0. The molecule has 0 aliphatic heterocycles. The molecule has 2 N–H and O–H groups in total. The Morgan fingerprint density at radius 2 is 2.29 bits per heavy atom. The van der Waals surface area contributed by atoms with Crippen molar-refractivity contribution in [1.82, 2.24) is 0 Å². The summed E-state index contributed by atoms with van der Waals surface area (Å²) in [5.74, 6) is 0.983. The number of hydrogen-bond donors (Lipinski definition) is 1. The maximum atomic E-state index is 6.12. The molecule has 1 nitrogen and oxygen atoms in total. The Morgan fingerprint density at radius 1 is 1.43 bits per heavy atom. The normalized spacial score (nSPS) is 13.3. The standard InChI is InChI=1S/C11H13NS2/c1-13-7-10(12)9-4-2-3-8-5-6-14-11(8)9/h2-6,10H,7,12H2,1H3. The lowest BCUT2D eigenvalue weighted by molar-refractivity contribution is 0.843. The third-order valence-corrected chi connectivity index (χ3v) is 3.93. The van der Waals surface area contributed by atoms with Crippen molar-refractivity contribution in [3.05, 3.63) is 35.2 Å². The second-order valence-electron chi connectivity index (χ2n) is 3.25. The van der Waals surface area contributed by atoms with E-state index < -0.39 is 0 Å². The Hall–Kier alpha value is -0.510. The zero-order chi connectivity index (χ0) is 9.97. The fourth-order valence-electron chi connectivity index (χ4n) is 1.58. The molecule has 1 aromatic carbocycles. The molecule has 0 bridgehead atoms. The van der Waals surface area contributed by atoms with Crippen molar-refractivity contribution in [3.8, 4) is 0 Å². The number of thiophene rings is 1. The van der Waals surface area contributed by atoms with E-state index in [1.54, 1.807) is 23.1 Å². The predicted octanol–water partition coefficient (Wildman–Crippen LogP) is 3.26. The average molecular weight is 223 g/mol. The van der Waals surface area contributed by atoms with Crippen LogP contribution in [0, 0.1) is 0 Å². The summed E-state index contributed by atoms with van der Waals surface area (Å²) < 4.78 is 1.34. The van der Waals surface area contributed by atoms with E-state index in [2.05, 4.69) is 35.9 Å². The van der Waals surface area contributed by atoms with Gasteiger partial charge in [-0.3, -0.25) is 0 Å². The first-order valence-electron chi connectivity index (χ1n) is 4.53. The molecule has 2 aromatic rings. The third-order valence-electron chi connectivity index (χ3n) is 2.26. The van der Waals surface area contributed by atoms with Gasteiger partial charge in [-0.15, -0.1) is 11.3 Å². The first-order valence-corrected chi connectivity index (χ1v) is 6.81. The molecule has 0 aliphatic carbocycles. The van der Waals surface area contributed by atoms with Crippen molar-refractivity contribution in [3.63, 3.8) is 0 Å². The van der Waals surface area contributed by atoms with Crippen LogP contribution in [-0.2, 0) is 0 Å². The van der Waals surface area contributed by atoms with Crippen molar-refractivity contribution >= 4 is 33.2 Å². The van der Waals surface area contributed by atoms with Gasteiger partial charge in [0.1, 0.15) is 0 Å². The molecule has 1 atom stereocenters. The number of benzene rings is 1. The van der Waals surface area contributed by atoms with E-state index in [9.17, 15) is 0 Å². The zero-order valence-electron chi connectivity index (χ0n) is 8.07. The van der Waals surface area contributed by atoms with Gasteiger partial charge in [0.15, 0.2) is 0 Å². The molecule has 0 amide bonds. The van der Waals surface area contributed by atoms with Gasteiger partial charge in [0, 0.05) is 16.5 Å². The molecule has 3 heteroatoms. The molecule has 74 valence electrons. The summed E-state index contributed by atoms with van der Waals surface area (Å²) in [5.41, 5.74) is 7.40. The molecule has 0 spiro atoms. The van der Waals surface area contributed by atoms with Crippen LogP contribution in [0.4, 0.5) is 0 Å². The van der Waals surface area contributed by atoms with E-state index in [0.717, 1.165) is 5.75 Å². The maximum Gasteiger partial charge on any atom is 0.0400 e. The number of nitrogens with two attached hydrogens (primary N) is 1. The van der Waals surface area contributed by atoms with Gasteiger partial charge >= 0.3 is 0 Å². The average Bonchev–Trinajstić information content (AvgIpc) is 2.65. The van der Waals surface area contributed by atoms with Gasteiger partial charge in [0.25, 0.3) is 0 Å². The molecule has 0 saturated carbocycles. The monoisotopic (exact) mass is 223 g/mol. The largest absolute Gasteiger partial charge is 0.323 e. The Balaban J connectivity index is 2.45. The van der Waals surface area contributed by atoms with Crippen molar-refractivity contribution in [2.24, 2.45) is 5.73 Å². The summed E-state index contributed by atoms with van der Waals surface area (Å²) in [4.78, 5) is 0. The second-order valence-corrected chi connectivity index (χ2v) is 5.07. The molecule has 2 rings (SSSR count). The number of fused-ring (bicyclic) bond motifs is 1. The molecule has 14 heavy (non-hydrogen) atoms. The number of rotatable bonds is 3. The van der Waals surface area contributed by atoms with E-state index in [4.69, 9.17) is 5.73 Å². The number of hydrogen-bond acceptors (Lipinski definition) is 3. The van der Waals surface area contributed by atoms with Crippen LogP contribution in [0.15, 0.2) is 29.6 Å². The molecule has 1 unspecified atom stereocenters. The van der Waals surface area contributed by atoms with Crippen LogP contribution in [0.1, 0.15) is 11.6 Å². The topological polar surface area (TPSA) is 26.0 Å². The minimum Gasteiger partial charge on any atom is -0.323 e. The Kier molecular flexibility index (Phi) is 3.11. The minimum atomic E-state index is 0.160. The van der Waals surface area contributed by atoms with E-state index in [1.807, 2.05) is 0 Å². The molecule has 0 saturated heterocycles. The molecular weight excluding hydrogens is 210 g/mol. The zero-order valence-corrected chi connectivity index (χ0v) is 9.70. The highest BCUT2D eigenvalue weighted by molar-refractivity contribution is 7.98. The van der Waals surface area contributed by atoms with Crippen molar-refractivity contribution in [2.75, 3.05) is 12.0 Å². The fourth-order valence-corrected chi connectivity index (χ4v) is 3.09. The van der Waals surface area contributed by atoms with Crippen molar-refractivity contribution < 1.29 is 0 Å². The van der Waals surface area contributed by atoms with Gasteiger partial charge in [-0.05, 0) is 28.7 Å². The quantitative estimate of drug-likeness (QED) is 0.864. The number of thioether (sulfide) groups is 1. The van der Waals surface area contributed by atoms with Gasteiger partial charge in [-0.1, -0.05) is 18.2 Å². The maximum absolute atomic E-state index is 6.12. The first-order chi connectivity index (χ1) is 6.83. The summed E-state index contributed by atoms with van der Waals surface area (Å²) in [6.45, 7) is 0. The van der Waals surface area contributed by atoms with Crippen LogP contribution >= 0.6 is 23.1 Å². The van der Waals surface area contributed by atoms with Crippen LogP contribution in [0.5, 0.6) is 0 Å². The molecular formula is C11H13NS2. The van der Waals surface area contributed by atoms with Crippen molar-refractivity contribution in [1.29, 1.82) is 0 Å². The SMILES string of the molecule is CSCC(N)c1cccc2ccsc12. The Labute approximate surface area is 92.3 Å². The summed E-state index contributed by atoms with van der Waals surface area (Å²) in [6.07, 6.45) is 2.09. The third kappa shape index (κ3) is 1.80. The smallest absolute Gasteiger partial charge is 0.0400 e. The molecule has 0 aliphatic rings. The van der Waals surface area contributed by atoms with E-state index in [-0.39, 0.29) is 6.04 Å². The van der Waals surface area contributed by atoms with E-state index in [1.165, 1.54) is 15.6 Å². The van der Waals surface area contributed by atoms with Crippen LogP contribution < -0.4 is 5.73 Å². The van der Waals surface area contributed by atoms with E-state index >= 15 is 0 Å². The lowest BCUT2D eigenvalue weighted by Crippen LogP contribution is -2.12. The van der Waals surface area contributed by atoms with Gasteiger partial charge < -0.3 is 5.73 Å². The fraction of sp³-hybridized carbons (Fsp3) is 0.273. The lowest BCUT2D eigenvalue weighted by atomic mass is 10.1. The lowest BCUT2D eigenvalue weighted by Gasteiger charge is -2.11. The van der Waals surface area contributed by atoms with Gasteiger partial charge in [-0.25, -0.2) is 0 Å². The highest BCUT2D eigenvalue weighted by Gasteiger charge is 2.09. The highest BCUT2D eigenvalue weighted by Crippen LogP contribution is 2.28. The summed E-state index contributed by atoms with van der Waals surface area (Å²) in [5, 5.41) is 3.43. The van der Waals surface area contributed by atoms with Crippen LogP contribution in [0.25, 0.3) is 10.1 Å². The molecule has 0 radical (unpaired) electrons. The summed E-state index contributed by atoms with van der Waals surface area (Å²) in [6, 6.07) is 8.67. The van der Waals surface area contributed by atoms with Gasteiger partial charge in [0.05, 0.1) is 0 Å². The van der Waals surface area contributed by atoms with E-state index in [0.29, 0.717) is 0 Å².